The van der Waals surface area contributed by atoms with E-state index in [1.807, 2.05) is 19.1 Å². The summed E-state index contributed by atoms with van der Waals surface area (Å²) in [5, 5.41) is 2.96. The molecule has 3 aromatic rings. The second kappa shape index (κ2) is 7.27. The second-order valence-corrected chi connectivity index (χ2v) is 5.75. The quantitative estimate of drug-likeness (QED) is 0.711. The van der Waals surface area contributed by atoms with Gasteiger partial charge < -0.3 is 10.1 Å². The van der Waals surface area contributed by atoms with Crippen LogP contribution in [0.4, 0.5) is 5.82 Å². The van der Waals surface area contributed by atoms with Gasteiger partial charge in [-0.1, -0.05) is 17.7 Å². The topological polar surface area (TPSA) is 77.0 Å². The van der Waals surface area contributed by atoms with Gasteiger partial charge in [0, 0.05) is 23.5 Å². The molecule has 6 nitrogen and oxygen atoms in total. The molecule has 0 unspecified atom stereocenters. The molecule has 25 heavy (non-hydrogen) atoms. The van der Waals surface area contributed by atoms with Crippen LogP contribution in [-0.4, -0.2) is 20.9 Å². The third kappa shape index (κ3) is 4.51. The number of carbonyl (C=O) groups is 1. The van der Waals surface area contributed by atoms with E-state index >= 15 is 0 Å². The van der Waals surface area contributed by atoms with Crippen molar-refractivity contribution in [3.05, 3.63) is 70.9 Å². The zero-order valence-electron chi connectivity index (χ0n) is 13.7. The molecule has 1 amide bonds. The van der Waals surface area contributed by atoms with Gasteiger partial charge in [-0.05, 0) is 38.1 Å². The number of aromatic nitrogens is 3. The Hall–Kier alpha value is -2.99. The highest BCUT2D eigenvalue weighted by molar-refractivity contribution is 6.29. The van der Waals surface area contributed by atoms with E-state index in [1.165, 1.54) is 0 Å². The number of hydrogen-bond acceptors (Lipinski definition) is 5. The van der Waals surface area contributed by atoms with Crippen LogP contribution in [0.3, 0.4) is 0 Å². The average Bonchev–Trinajstić information content (AvgIpc) is 2.56. The number of rotatable bonds is 4. The maximum absolute atomic E-state index is 12.4. The van der Waals surface area contributed by atoms with E-state index in [0.29, 0.717) is 28.2 Å². The number of hydrogen-bond donors (Lipinski definition) is 1. The first-order valence-corrected chi connectivity index (χ1v) is 7.90. The number of aryl methyl sites for hydroxylation is 2. The summed E-state index contributed by atoms with van der Waals surface area (Å²) >= 11 is 5.82. The largest absolute Gasteiger partial charge is 0.456 e. The molecule has 0 aliphatic carbocycles. The van der Waals surface area contributed by atoms with E-state index in [4.69, 9.17) is 16.3 Å². The highest BCUT2D eigenvalue weighted by atomic mass is 35.5. The van der Waals surface area contributed by atoms with Gasteiger partial charge >= 0.3 is 0 Å². The molecule has 0 aliphatic heterocycles. The number of anilines is 1. The van der Waals surface area contributed by atoms with Crippen LogP contribution in [0.5, 0.6) is 11.5 Å². The zero-order chi connectivity index (χ0) is 17.8. The number of amides is 1. The minimum atomic E-state index is -0.398. The number of pyridine rings is 3. The first-order valence-electron chi connectivity index (χ1n) is 7.53. The normalized spacial score (nSPS) is 10.4. The summed E-state index contributed by atoms with van der Waals surface area (Å²) in [7, 11) is 0. The fourth-order valence-electron chi connectivity index (χ4n) is 2.12. The average molecular weight is 355 g/mol. The van der Waals surface area contributed by atoms with E-state index < -0.39 is 5.91 Å². The van der Waals surface area contributed by atoms with E-state index in [0.717, 1.165) is 5.69 Å². The van der Waals surface area contributed by atoms with Crippen molar-refractivity contribution in [2.45, 2.75) is 13.8 Å². The van der Waals surface area contributed by atoms with Gasteiger partial charge in [-0.25, -0.2) is 9.97 Å². The number of nitrogens with zero attached hydrogens (tertiary/aromatic N) is 3. The van der Waals surface area contributed by atoms with Crippen LogP contribution in [0.15, 0.2) is 48.7 Å². The van der Waals surface area contributed by atoms with Crippen LogP contribution in [0.25, 0.3) is 0 Å². The van der Waals surface area contributed by atoms with Crippen molar-refractivity contribution in [3.63, 3.8) is 0 Å². The highest BCUT2D eigenvalue weighted by Crippen LogP contribution is 2.22. The van der Waals surface area contributed by atoms with Gasteiger partial charge in [0.1, 0.15) is 28.2 Å². The summed E-state index contributed by atoms with van der Waals surface area (Å²) in [6, 6.07) is 11.9. The molecular formula is C18H15ClN4O2. The molecule has 3 aromatic heterocycles. The van der Waals surface area contributed by atoms with Gasteiger partial charge in [-0.2, -0.15) is 0 Å². The molecule has 1 N–H and O–H groups in total. The van der Waals surface area contributed by atoms with Crippen molar-refractivity contribution in [2.75, 3.05) is 5.32 Å². The first kappa shape index (κ1) is 16.9. The van der Waals surface area contributed by atoms with Crippen LogP contribution in [0.1, 0.15) is 21.9 Å². The molecule has 126 valence electrons. The van der Waals surface area contributed by atoms with E-state index in [9.17, 15) is 4.79 Å². The third-order valence-electron chi connectivity index (χ3n) is 3.24. The van der Waals surface area contributed by atoms with Crippen LogP contribution in [-0.2, 0) is 0 Å². The Morgan fingerprint density at radius 1 is 1.04 bits per heavy atom. The van der Waals surface area contributed by atoms with Gasteiger partial charge in [0.25, 0.3) is 5.91 Å². The second-order valence-electron chi connectivity index (χ2n) is 5.37. The summed E-state index contributed by atoms with van der Waals surface area (Å²) in [6.45, 7) is 3.68. The van der Waals surface area contributed by atoms with Crippen molar-refractivity contribution >= 4 is 23.3 Å². The lowest BCUT2D eigenvalue weighted by Crippen LogP contribution is -2.15. The molecule has 3 heterocycles. The SMILES string of the molecule is Cc1ccc(Oc2cc(C)nc(C(=O)Nc3cccc(Cl)n3)c2)cn1. The van der Waals surface area contributed by atoms with Crippen LogP contribution < -0.4 is 10.1 Å². The van der Waals surface area contributed by atoms with Gasteiger partial charge in [-0.3, -0.25) is 9.78 Å². The molecule has 0 radical (unpaired) electrons. The fraction of sp³-hybridized carbons (Fsp3) is 0.111. The molecule has 0 aromatic carbocycles. The van der Waals surface area contributed by atoms with Crippen molar-refractivity contribution in [1.29, 1.82) is 0 Å². The first-order chi connectivity index (χ1) is 12.0. The number of halogens is 1. The third-order valence-corrected chi connectivity index (χ3v) is 3.45. The smallest absolute Gasteiger partial charge is 0.275 e. The van der Waals surface area contributed by atoms with Crippen molar-refractivity contribution < 1.29 is 9.53 Å². The van der Waals surface area contributed by atoms with E-state index in [-0.39, 0.29) is 5.69 Å². The summed E-state index contributed by atoms with van der Waals surface area (Å²) < 4.78 is 5.76. The Balaban J connectivity index is 1.80. The lowest BCUT2D eigenvalue weighted by atomic mass is 10.2. The predicted molar refractivity (Wildman–Crippen MR) is 95.2 cm³/mol. The minimum Gasteiger partial charge on any atom is -0.456 e. The molecule has 7 heteroatoms. The Morgan fingerprint density at radius 3 is 2.60 bits per heavy atom. The van der Waals surface area contributed by atoms with Crippen molar-refractivity contribution in [3.8, 4) is 11.5 Å². The molecule has 3 rings (SSSR count). The lowest BCUT2D eigenvalue weighted by molar-refractivity contribution is 0.102. The Kier molecular flexibility index (Phi) is 4.90. The fourth-order valence-corrected chi connectivity index (χ4v) is 2.28. The number of nitrogens with one attached hydrogen (secondary N) is 1. The van der Waals surface area contributed by atoms with Gasteiger partial charge in [-0.15, -0.1) is 0 Å². The minimum absolute atomic E-state index is 0.219. The Labute approximate surface area is 149 Å². The lowest BCUT2D eigenvalue weighted by Gasteiger charge is -2.09. The Bertz CT molecular complexity index is 913. The van der Waals surface area contributed by atoms with Gasteiger partial charge in [0.05, 0.1) is 6.20 Å². The zero-order valence-corrected chi connectivity index (χ0v) is 14.4. The molecule has 0 fully saturated rings. The summed E-state index contributed by atoms with van der Waals surface area (Å²) in [4.78, 5) is 24.8. The van der Waals surface area contributed by atoms with Gasteiger partial charge in [0.2, 0.25) is 0 Å². The van der Waals surface area contributed by atoms with Crippen LogP contribution in [0, 0.1) is 13.8 Å². The van der Waals surface area contributed by atoms with E-state index in [1.54, 1.807) is 43.5 Å². The molecule has 0 atom stereocenters. The van der Waals surface area contributed by atoms with Crippen LogP contribution >= 0.6 is 11.6 Å². The Morgan fingerprint density at radius 2 is 1.88 bits per heavy atom. The number of carbonyl (C=O) groups excluding carboxylic acids is 1. The standard InChI is InChI=1S/C18H15ClN4O2/c1-11-6-7-13(10-20-11)25-14-8-12(2)21-15(9-14)18(24)23-17-5-3-4-16(19)22-17/h3-10H,1-2H3,(H,22,23,24). The maximum atomic E-state index is 12.4. The number of ether oxygens (including phenoxy) is 1. The van der Waals surface area contributed by atoms with Crippen molar-refractivity contribution in [1.82, 2.24) is 15.0 Å². The predicted octanol–water partition coefficient (Wildman–Crippen LogP) is 4.19. The van der Waals surface area contributed by atoms with Crippen molar-refractivity contribution in [2.24, 2.45) is 0 Å². The molecule has 0 spiro atoms. The summed E-state index contributed by atoms with van der Waals surface area (Å²) in [5.41, 5.74) is 1.77. The van der Waals surface area contributed by atoms with E-state index in [2.05, 4.69) is 20.3 Å². The molecule has 0 saturated heterocycles. The molecular weight excluding hydrogens is 340 g/mol. The van der Waals surface area contributed by atoms with Gasteiger partial charge in [0.15, 0.2) is 0 Å². The highest BCUT2D eigenvalue weighted by Gasteiger charge is 2.12. The monoisotopic (exact) mass is 354 g/mol. The molecule has 0 aliphatic rings. The molecule has 0 bridgehead atoms. The van der Waals surface area contributed by atoms with Crippen LogP contribution in [0.2, 0.25) is 5.15 Å². The summed E-state index contributed by atoms with van der Waals surface area (Å²) in [6.07, 6.45) is 1.63. The molecule has 0 saturated carbocycles. The summed E-state index contributed by atoms with van der Waals surface area (Å²) in [5.74, 6) is 1.04. The maximum Gasteiger partial charge on any atom is 0.275 e.